The number of aromatic nitrogens is 1. The molecule has 3 atom stereocenters. The van der Waals surface area contributed by atoms with E-state index >= 15 is 0 Å². The van der Waals surface area contributed by atoms with Crippen LogP contribution in [-0.2, 0) is 0 Å². The highest BCUT2D eigenvalue weighted by Crippen LogP contribution is 2.33. The maximum absolute atomic E-state index is 12.5. The van der Waals surface area contributed by atoms with Crippen molar-refractivity contribution in [3.8, 4) is 0 Å². The van der Waals surface area contributed by atoms with E-state index in [9.17, 15) is 9.59 Å². The zero-order valence-electron chi connectivity index (χ0n) is 14.4. The summed E-state index contributed by atoms with van der Waals surface area (Å²) in [7, 11) is 0. The van der Waals surface area contributed by atoms with Crippen molar-refractivity contribution in [2.45, 2.75) is 43.0 Å². The Kier molecular flexibility index (Phi) is 4.72. The zero-order valence-corrected chi connectivity index (χ0v) is 15.2. The molecule has 6 nitrogen and oxygen atoms in total. The van der Waals surface area contributed by atoms with Crippen molar-refractivity contribution in [1.82, 2.24) is 15.6 Å². The van der Waals surface area contributed by atoms with E-state index in [1.54, 1.807) is 0 Å². The number of anilines is 1. The molecular weight excluding hydrogens is 348 g/mol. The van der Waals surface area contributed by atoms with Gasteiger partial charge < -0.3 is 16.4 Å². The minimum absolute atomic E-state index is 0.0496. The number of pyridine rings is 1. The number of rotatable bonds is 6. The summed E-state index contributed by atoms with van der Waals surface area (Å²) in [5.74, 6) is 1.32. The predicted molar refractivity (Wildman–Crippen MR) is 104 cm³/mol. The molecule has 7 heteroatoms. The van der Waals surface area contributed by atoms with Crippen LogP contribution in [0.15, 0.2) is 30.3 Å². The smallest absolute Gasteiger partial charge is 0.315 e. The fourth-order valence-corrected chi connectivity index (χ4v) is 5.31. The highest BCUT2D eigenvalue weighted by molar-refractivity contribution is 8.00. The van der Waals surface area contributed by atoms with E-state index < -0.39 is 0 Å². The van der Waals surface area contributed by atoms with Gasteiger partial charge in [0.15, 0.2) is 5.78 Å². The number of unbranched alkanes of at least 4 members (excludes halogenated alkanes) is 1. The van der Waals surface area contributed by atoms with Gasteiger partial charge >= 0.3 is 6.03 Å². The SMILES string of the molecule is Nc1nc2ccccc2cc1C(=O)CCCC[C@@H]1SC[C@@H]2NC(=O)N[C@@H]21. The van der Waals surface area contributed by atoms with Crippen molar-refractivity contribution in [3.05, 3.63) is 35.9 Å². The minimum Gasteiger partial charge on any atom is -0.383 e. The molecule has 2 amide bonds. The van der Waals surface area contributed by atoms with Crippen LogP contribution in [0, 0.1) is 0 Å². The summed E-state index contributed by atoms with van der Waals surface area (Å²) in [6.07, 6.45) is 3.26. The molecule has 2 saturated heterocycles. The third-order valence-electron chi connectivity index (χ3n) is 5.13. The average Bonchev–Trinajstić information content (AvgIpc) is 3.17. The molecule has 0 saturated carbocycles. The molecule has 2 fully saturated rings. The van der Waals surface area contributed by atoms with E-state index in [2.05, 4.69) is 15.6 Å². The van der Waals surface area contributed by atoms with E-state index in [1.165, 1.54) is 0 Å². The van der Waals surface area contributed by atoms with E-state index in [0.29, 0.717) is 23.1 Å². The van der Waals surface area contributed by atoms with Crippen LogP contribution in [0.4, 0.5) is 10.6 Å². The number of Topliss-reactive ketones (excluding diaryl/α,β-unsaturated/α-hetero) is 1. The molecule has 2 aromatic rings. The number of ketones is 1. The number of nitrogens with zero attached hydrogens (tertiary/aromatic N) is 1. The Morgan fingerprint density at radius 1 is 1.27 bits per heavy atom. The van der Waals surface area contributed by atoms with E-state index in [0.717, 1.165) is 35.9 Å². The zero-order chi connectivity index (χ0) is 18.1. The standard InChI is InChI=1S/C19H22N4O2S/c20-18-12(9-11-5-1-2-6-13(11)21-18)15(24)7-3-4-8-16-17-14(10-26-16)22-19(25)23-17/h1-2,5-6,9,14,16-17H,3-4,7-8,10H2,(H2,20,21)(H2,22,23,25)/t14-,16-,17-/m0/s1. The molecular formula is C19H22N4O2S. The van der Waals surface area contributed by atoms with Crippen molar-refractivity contribution in [1.29, 1.82) is 0 Å². The van der Waals surface area contributed by atoms with Crippen LogP contribution in [0.25, 0.3) is 10.9 Å². The molecule has 4 N–H and O–H groups in total. The number of amides is 2. The van der Waals surface area contributed by atoms with Gasteiger partial charge in [-0.2, -0.15) is 11.8 Å². The summed E-state index contributed by atoms with van der Waals surface area (Å²) < 4.78 is 0. The lowest BCUT2D eigenvalue weighted by atomic mass is 10.00. The number of carbonyl (C=O) groups is 2. The van der Waals surface area contributed by atoms with Crippen LogP contribution >= 0.6 is 11.8 Å². The molecule has 4 rings (SSSR count). The normalized spacial score (nSPS) is 24.3. The number of thioether (sulfide) groups is 1. The van der Waals surface area contributed by atoms with Gasteiger partial charge in [-0.15, -0.1) is 0 Å². The fraction of sp³-hybridized carbons (Fsp3) is 0.421. The summed E-state index contributed by atoms with van der Waals surface area (Å²) >= 11 is 1.90. The number of benzene rings is 1. The first-order chi connectivity index (χ1) is 12.6. The van der Waals surface area contributed by atoms with Crippen molar-refractivity contribution in [2.75, 3.05) is 11.5 Å². The molecule has 0 radical (unpaired) electrons. The maximum atomic E-state index is 12.5. The highest BCUT2D eigenvalue weighted by Gasteiger charge is 2.42. The second kappa shape index (κ2) is 7.15. The van der Waals surface area contributed by atoms with E-state index in [-0.39, 0.29) is 23.9 Å². The Morgan fingerprint density at radius 3 is 3.00 bits per heavy atom. The Labute approximate surface area is 156 Å². The minimum atomic E-state index is -0.0558. The van der Waals surface area contributed by atoms with Gasteiger partial charge in [0.2, 0.25) is 0 Å². The van der Waals surface area contributed by atoms with Crippen LogP contribution in [-0.4, -0.2) is 39.9 Å². The van der Waals surface area contributed by atoms with Gasteiger partial charge in [-0.25, -0.2) is 9.78 Å². The first kappa shape index (κ1) is 17.1. The molecule has 2 aliphatic heterocycles. The number of hydrogen-bond acceptors (Lipinski definition) is 5. The number of para-hydroxylation sites is 1. The van der Waals surface area contributed by atoms with Crippen LogP contribution in [0.1, 0.15) is 36.0 Å². The fourth-order valence-electron chi connectivity index (χ4n) is 3.76. The number of nitrogen functional groups attached to an aromatic ring is 1. The molecule has 0 spiro atoms. The van der Waals surface area contributed by atoms with Crippen LogP contribution in [0.3, 0.4) is 0 Å². The van der Waals surface area contributed by atoms with Gasteiger partial charge in [0, 0.05) is 22.8 Å². The number of fused-ring (bicyclic) bond motifs is 2. The van der Waals surface area contributed by atoms with Crippen molar-refractivity contribution in [3.63, 3.8) is 0 Å². The van der Waals surface area contributed by atoms with Gasteiger partial charge in [-0.05, 0) is 25.0 Å². The molecule has 1 aromatic heterocycles. The van der Waals surface area contributed by atoms with E-state index in [1.807, 2.05) is 42.1 Å². The predicted octanol–water partition coefficient (Wildman–Crippen LogP) is 2.73. The Morgan fingerprint density at radius 2 is 2.12 bits per heavy atom. The first-order valence-corrected chi connectivity index (χ1v) is 10.0. The van der Waals surface area contributed by atoms with Gasteiger partial charge in [0.25, 0.3) is 0 Å². The molecule has 1 aromatic carbocycles. The van der Waals surface area contributed by atoms with Crippen LogP contribution in [0.2, 0.25) is 0 Å². The van der Waals surface area contributed by atoms with Crippen LogP contribution < -0.4 is 16.4 Å². The monoisotopic (exact) mass is 370 g/mol. The van der Waals surface area contributed by atoms with Crippen LogP contribution in [0.5, 0.6) is 0 Å². The quantitative estimate of drug-likeness (QED) is 0.413. The molecule has 136 valence electrons. The largest absolute Gasteiger partial charge is 0.383 e. The Balaban J connectivity index is 1.30. The molecule has 26 heavy (non-hydrogen) atoms. The van der Waals surface area contributed by atoms with Gasteiger partial charge in [-0.1, -0.05) is 24.6 Å². The lowest BCUT2D eigenvalue weighted by molar-refractivity contribution is 0.0980. The Bertz CT molecular complexity index is 857. The molecule has 2 aliphatic rings. The second-order valence-corrected chi connectivity index (χ2v) is 8.18. The number of nitrogens with one attached hydrogen (secondary N) is 2. The average molecular weight is 370 g/mol. The molecule has 3 heterocycles. The van der Waals surface area contributed by atoms with Gasteiger partial charge in [0.05, 0.1) is 23.2 Å². The number of hydrogen-bond donors (Lipinski definition) is 3. The maximum Gasteiger partial charge on any atom is 0.315 e. The third-order valence-corrected chi connectivity index (χ3v) is 6.64. The summed E-state index contributed by atoms with van der Waals surface area (Å²) in [5.41, 5.74) is 7.31. The molecule has 0 unspecified atom stereocenters. The summed E-state index contributed by atoms with van der Waals surface area (Å²) in [5, 5.41) is 7.32. The number of nitrogens with two attached hydrogens (primary N) is 1. The molecule has 0 bridgehead atoms. The summed E-state index contributed by atoms with van der Waals surface area (Å²) in [4.78, 5) is 28.3. The number of urea groups is 1. The topological polar surface area (TPSA) is 97.1 Å². The van der Waals surface area contributed by atoms with Gasteiger partial charge in [0.1, 0.15) is 5.82 Å². The first-order valence-electron chi connectivity index (χ1n) is 8.99. The van der Waals surface area contributed by atoms with E-state index in [4.69, 9.17) is 5.73 Å². The second-order valence-electron chi connectivity index (χ2n) is 6.90. The van der Waals surface area contributed by atoms with Gasteiger partial charge in [-0.3, -0.25) is 4.79 Å². The van der Waals surface area contributed by atoms with Crippen molar-refractivity contribution < 1.29 is 9.59 Å². The lowest BCUT2D eigenvalue weighted by Crippen LogP contribution is -2.36. The highest BCUT2D eigenvalue weighted by atomic mass is 32.2. The number of carbonyl (C=O) groups excluding carboxylic acids is 2. The summed E-state index contributed by atoms with van der Waals surface area (Å²) in [6.45, 7) is 0. The Hall–Kier alpha value is -2.28. The van der Waals surface area contributed by atoms with Crippen molar-refractivity contribution >= 4 is 40.3 Å². The molecule has 0 aliphatic carbocycles. The lowest BCUT2D eigenvalue weighted by Gasteiger charge is -2.16. The summed E-state index contributed by atoms with van der Waals surface area (Å²) in [6, 6.07) is 9.93. The van der Waals surface area contributed by atoms with Crippen molar-refractivity contribution in [2.24, 2.45) is 0 Å². The third kappa shape index (κ3) is 3.35.